The Hall–Kier alpha value is -2.80. The zero-order valence-electron chi connectivity index (χ0n) is 15.6. The largest absolute Gasteiger partial charge is 0.493 e. The number of hydrogen-bond acceptors (Lipinski definition) is 3. The third-order valence-corrected chi connectivity index (χ3v) is 4.74. The fraction of sp³-hybridized carbons (Fsp3) is 0.238. The Kier molecular flexibility index (Phi) is 6.71. The fourth-order valence-corrected chi connectivity index (χ4v) is 3.16. The van der Waals surface area contributed by atoms with Gasteiger partial charge in [-0.25, -0.2) is 0 Å². The minimum absolute atomic E-state index is 0.103. The van der Waals surface area contributed by atoms with Crippen LogP contribution in [0.4, 0.5) is 0 Å². The molecular formula is C21H22BrN3O3. The van der Waals surface area contributed by atoms with Crippen molar-refractivity contribution in [1.29, 1.82) is 0 Å². The van der Waals surface area contributed by atoms with E-state index >= 15 is 0 Å². The van der Waals surface area contributed by atoms with Crippen LogP contribution in [0.5, 0.6) is 5.75 Å². The number of amides is 2. The molecule has 6 nitrogen and oxygen atoms in total. The number of halogens is 1. The zero-order chi connectivity index (χ0) is 19.9. The van der Waals surface area contributed by atoms with Gasteiger partial charge in [0, 0.05) is 16.2 Å². The summed E-state index contributed by atoms with van der Waals surface area (Å²) in [4.78, 5) is 24.8. The average molecular weight is 444 g/mol. The number of carbonyl (C=O) groups excluding carboxylic acids is 2. The van der Waals surface area contributed by atoms with Crippen LogP contribution < -0.4 is 15.6 Å². The van der Waals surface area contributed by atoms with Crippen molar-refractivity contribution < 1.29 is 14.3 Å². The van der Waals surface area contributed by atoms with Gasteiger partial charge in [0.05, 0.1) is 12.2 Å². The summed E-state index contributed by atoms with van der Waals surface area (Å²) in [6.07, 6.45) is 3.75. The van der Waals surface area contributed by atoms with E-state index in [1.165, 1.54) is 0 Å². The molecule has 28 heavy (non-hydrogen) atoms. The third-order valence-electron chi connectivity index (χ3n) is 4.25. The molecular weight excluding hydrogens is 422 g/mol. The van der Waals surface area contributed by atoms with E-state index < -0.39 is 5.91 Å². The minimum Gasteiger partial charge on any atom is -0.493 e. The van der Waals surface area contributed by atoms with Crippen LogP contribution >= 0.6 is 15.9 Å². The molecule has 0 atom stereocenters. The first-order chi connectivity index (χ1) is 13.6. The maximum atomic E-state index is 12.5. The Labute approximate surface area is 172 Å². The van der Waals surface area contributed by atoms with E-state index in [4.69, 9.17) is 4.74 Å². The van der Waals surface area contributed by atoms with Crippen LogP contribution in [0.25, 0.3) is 10.9 Å². The van der Waals surface area contributed by atoms with Crippen LogP contribution in [-0.2, 0) is 11.3 Å². The van der Waals surface area contributed by atoms with Crippen LogP contribution in [0.15, 0.2) is 59.2 Å². The molecule has 0 unspecified atom stereocenters. The molecule has 0 radical (unpaired) electrons. The number of nitrogens with one attached hydrogen (secondary N) is 2. The third kappa shape index (κ3) is 4.92. The highest BCUT2D eigenvalue weighted by molar-refractivity contribution is 9.10. The lowest BCUT2D eigenvalue weighted by atomic mass is 10.2. The lowest BCUT2D eigenvalue weighted by Gasteiger charge is -2.13. The van der Waals surface area contributed by atoms with Gasteiger partial charge in [0.2, 0.25) is 0 Å². The van der Waals surface area contributed by atoms with Crippen LogP contribution in [0, 0.1) is 0 Å². The normalized spacial score (nSPS) is 10.6. The van der Waals surface area contributed by atoms with Gasteiger partial charge in [-0.05, 0) is 42.1 Å². The van der Waals surface area contributed by atoms with E-state index in [1.807, 2.05) is 47.2 Å². The van der Waals surface area contributed by atoms with Gasteiger partial charge in [0.1, 0.15) is 12.3 Å². The number of hydrazine groups is 1. The number of rotatable bonds is 7. The lowest BCUT2D eigenvalue weighted by molar-refractivity contribution is -0.122. The van der Waals surface area contributed by atoms with Gasteiger partial charge < -0.3 is 9.30 Å². The number of ether oxygens (including phenoxy) is 1. The molecule has 0 fully saturated rings. The maximum Gasteiger partial charge on any atom is 0.273 e. The predicted molar refractivity (Wildman–Crippen MR) is 112 cm³/mol. The number of benzene rings is 2. The van der Waals surface area contributed by atoms with Gasteiger partial charge in [-0.3, -0.25) is 20.4 Å². The predicted octanol–water partition coefficient (Wildman–Crippen LogP) is 4.04. The Balaban J connectivity index is 1.62. The van der Waals surface area contributed by atoms with E-state index in [2.05, 4.69) is 33.7 Å². The topological polar surface area (TPSA) is 72.4 Å². The Morgan fingerprint density at radius 3 is 2.75 bits per heavy atom. The molecule has 7 heteroatoms. The molecule has 1 aromatic heterocycles. The summed E-state index contributed by atoms with van der Waals surface area (Å²) in [5, 5.41) is 1.06. The molecule has 146 valence electrons. The summed E-state index contributed by atoms with van der Waals surface area (Å²) in [6.45, 7) is 2.71. The van der Waals surface area contributed by atoms with Crippen molar-refractivity contribution in [3.8, 4) is 5.75 Å². The van der Waals surface area contributed by atoms with Gasteiger partial charge in [-0.15, -0.1) is 0 Å². The van der Waals surface area contributed by atoms with E-state index in [0.717, 1.165) is 28.2 Å². The minimum atomic E-state index is -0.432. The van der Waals surface area contributed by atoms with E-state index in [9.17, 15) is 9.59 Å². The van der Waals surface area contributed by atoms with Gasteiger partial charge in [-0.2, -0.15) is 0 Å². The number of para-hydroxylation sites is 1. The van der Waals surface area contributed by atoms with Crippen molar-refractivity contribution in [2.45, 2.75) is 26.3 Å². The van der Waals surface area contributed by atoms with Crippen molar-refractivity contribution in [3.05, 3.63) is 64.8 Å². The number of hydrogen-bond donors (Lipinski definition) is 2. The van der Waals surface area contributed by atoms with Crippen LogP contribution in [-0.4, -0.2) is 23.0 Å². The summed E-state index contributed by atoms with van der Waals surface area (Å²) in [5.74, 6) is -0.267. The van der Waals surface area contributed by atoms with Crippen LogP contribution in [0.3, 0.4) is 0 Å². The van der Waals surface area contributed by atoms with Gasteiger partial charge in [0.15, 0.2) is 0 Å². The van der Waals surface area contributed by atoms with Gasteiger partial charge in [0.25, 0.3) is 11.8 Å². The fourth-order valence-electron chi connectivity index (χ4n) is 2.80. The highest BCUT2D eigenvalue weighted by atomic mass is 79.9. The molecule has 0 aliphatic rings. The molecule has 2 aromatic carbocycles. The van der Waals surface area contributed by atoms with Gasteiger partial charge >= 0.3 is 0 Å². The molecule has 1 heterocycles. The van der Waals surface area contributed by atoms with Crippen molar-refractivity contribution >= 4 is 38.6 Å². The standard InChI is InChI=1S/C21H22BrN3O3/c1-2-3-12-28-19-9-8-16(22)13-17(19)21(27)24-23-20(26)14-25-11-10-15-6-4-5-7-18(15)25/h4-11,13H,2-3,12,14H2,1H3,(H,23,26)(H,24,27). The number of carbonyl (C=O) groups is 2. The Morgan fingerprint density at radius 1 is 1.11 bits per heavy atom. The summed E-state index contributed by atoms with van der Waals surface area (Å²) < 4.78 is 8.28. The molecule has 3 aromatic rings. The molecule has 0 saturated heterocycles. The van der Waals surface area contributed by atoms with E-state index in [0.29, 0.717) is 17.9 Å². The SMILES string of the molecule is CCCCOc1ccc(Br)cc1C(=O)NNC(=O)Cn1ccc2ccccc21. The van der Waals surface area contributed by atoms with Crippen molar-refractivity contribution in [2.75, 3.05) is 6.61 Å². The first kappa shape index (κ1) is 19.9. The van der Waals surface area contributed by atoms with E-state index in [1.54, 1.807) is 12.1 Å². The highest BCUT2D eigenvalue weighted by Crippen LogP contribution is 2.23. The number of aromatic nitrogens is 1. The van der Waals surface area contributed by atoms with Gasteiger partial charge in [-0.1, -0.05) is 47.5 Å². The smallest absolute Gasteiger partial charge is 0.273 e. The number of nitrogens with zero attached hydrogens (tertiary/aromatic N) is 1. The van der Waals surface area contributed by atoms with Crippen LogP contribution in [0.1, 0.15) is 30.1 Å². The first-order valence-corrected chi connectivity index (χ1v) is 9.93. The zero-order valence-corrected chi connectivity index (χ0v) is 17.2. The summed E-state index contributed by atoms with van der Waals surface area (Å²) in [5.41, 5.74) is 6.25. The molecule has 2 amide bonds. The number of unbranched alkanes of at least 4 members (excludes halogenated alkanes) is 1. The van der Waals surface area contributed by atoms with Crippen molar-refractivity contribution in [1.82, 2.24) is 15.4 Å². The number of fused-ring (bicyclic) bond motifs is 1. The van der Waals surface area contributed by atoms with E-state index in [-0.39, 0.29) is 12.5 Å². The second-order valence-corrected chi connectivity index (χ2v) is 7.26. The molecule has 0 saturated carbocycles. The van der Waals surface area contributed by atoms with Crippen molar-refractivity contribution in [3.63, 3.8) is 0 Å². The van der Waals surface area contributed by atoms with Crippen LogP contribution in [0.2, 0.25) is 0 Å². The maximum absolute atomic E-state index is 12.5. The quantitative estimate of drug-likeness (QED) is 0.427. The molecule has 0 bridgehead atoms. The molecule has 3 rings (SSSR count). The summed E-state index contributed by atoms with van der Waals surface area (Å²) >= 11 is 3.36. The Bertz CT molecular complexity index is 984. The summed E-state index contributed by atoms with van der Waals surface area (Å²) in [6, 6.07) is 15.0. The highest BCUT2D eigenvalue weighted by Gasteiger charge is 2.15. The molecule has 0 aliphatic carbocycles. The second kappa shape index (κ2) is 9.41. The molecule has 0 spiro atoms. The lowest BCUT2D eigenvalue weighted by Crippen LogP contribution is -2.43. The average Bonchev–Trinajstić information content (AvgIpc) is 3.10. The molecule has 2 N–H and O–H groups in total. The first-order valence-electron chi connectivity index (χ1n) is 9.14. The molecule has 0 aliphatic heterocycles. The monoisotopic (exact) mass is 443 g/mol. The second-order valence-electron chi connectivity index (χ2n) is 6.35. The van der Waals surface area contributed by atoms with Crippen molar-refractivity contribution in [2.24, 2.45) is 0 Å². The summed E-state index contributed by atoms with van der Waals surface area (Å²) in [7, 11) is 0. The Morgan fingerprint density at radius 2 is 1.93 bits per heavy atom.